The standard InChI is InChI=1S/C77H122O6/c1-4-7-10-13-16-19-21-23-25-27-29-31-33-34-35-36-37-38-39-40-41-42-44-45-47-49-51-53-55-58-61-64-67-70-76(79)82-73-74(72-81-75(78)69-66-63-60-57-18-15-12-9-6-3)83-77(80)71-68-65-62-59-56-54-52-50-48-46-43-32-30-28-26-24-22-20-17-14-11-8-5-2/h7-8,10-11,16-17,19-20,23-26,29-32,34-35,37-38,40-41,46,48,52,54,59,62,74H,4-6,9,12-15,18,21-22,27-28,33,36,39,42-45,47,49-51,53,55-58,60-61,63-73H2,1-3H3/b10-7-,11-8-,19-16-,20-17-,25-23-,26-24-,31-29-,32-30-,35-34-,38-37-,41-40-,48-46-,54-52-,62-59-. The molecule has 0 saturated carbocycles. The molecule has 0 aliphatic carbocycles. The summed E-state index contributed by atoms with van der Waals surface area (Å²) in [5.74, 6) is -0.975. The van der Waals surface area contributed by atoms with Gasteiger partial charge in [0, 0.05) is 19.3 Å². The van der Waals surface area contributed by atoms with Gasteiger partial charge >= 0.3 is 17.9 Å². The summed E-state index contributed by atoms with van der Waals surface area (Å²) in [7, 11) is 0. The van der Waals surface area contributed by atoms with Gasteiger partial charge in [0.1, 0.15) is 13.2 Å². The molecule has 0 aromatic carbocycles. The Morgan fingerprint density at radius 3 is 0.771 bits per heavy atom. The maximum Gasteiger partial charge on any atom is 0.306 e. The predicted molar refractivity (Wildman–Crippen MR) is 361 cm³/mol. The van der Waals surface area contributed by atoms with E-state index in [1.165, 1.54) is 96.3 Å². The summed E-state index contributed by atoms with van der Waals surface area (Å²) < 4.78 is 16.8. The van der Waals surface area contributed by atoms with E-state index >= 15 is 0 Å². The summed E-state index contributed by atoms with van der Waals surface area (Å²) in [6.07, 6.45) is 102. The van der Waals surface area contributed by atoms with Crippen molar-refractivity contribution in [2.75, 3.05) is 13.2 Å². The minimum atomic E-state index is -0.816. The third-order valence-corrected chi connectivity index (χ3v) is 13.7. The smallest absolute Gasteiger partial charge is 0.306 e. The quantitative estimate of drug-likeness (QED) is 0.0261. The van der Waals surface area contributed by atoms with Crippen LogP contribution in [0.5, 0.6) is 0 Å². The first-order chi connectivity index (χ1) is 41.0. The van der Waals surface area contributed by atoms with Gasteiger partial charge in [-0.3, -0.25) is 14.4 Å². The molecule has 0 saturated heterocycles. The van der Waals surface area contributed by atoms with Crippen molar-refractivity contribution in [3.8, 4) is 0 Å². The Kier molecular flexibility index (Phi) is 64.9. The highest BCUT2D eigenvalue weighted by Gasteiger charge is 2.19. The van der Waals surface area contributed by atoms with Crippen LogP contribution in [0.1, 0.15) is 278 Å². The summed E-state index contributed by atoms with van der Waals surface area (Å²) >= 11 is 0. The number of unbranched alkanes of at least 4 members (excludes halogenated alkanes) is 20. The largest absolute Gasteiger partial charge is 0.462 e. The molecule has 0 spiro atoms. The van der Waals surface area contributed by atoms with Gasteiger partial charge in [0.05, 0.1) is 0 Å². The highest BCUT2D eigenvalue weighted by atomic mass is 16.6. The fraction of sp³-hybridized carbons (Fsp3) is 0.597. The van der Waals surface area contributed by atoms with Crippen molar-refractivity contribution in [1.82, 2.24) is 0 Å². The summed E-state index contributed by atoms with van der Waals surface area (Å²) in [5.41, 5.74) is 0. The average Bonchev–Trinajstić information content (AvgIpc) is 3.49. The van der Waals surface area contributed by atoms with Crippen molar-refractivity contribution >= 4 is 17.9 Å². The van der Waals surface area contributed by atoms with E-state index in [4.69, 9.17) is 14.2 Å². The molecule has 0 radical (unpaired) electrons. The van der Waals surface area contributed by atoms with Crippen molar-refractivity contribution in [3.63, 3.8) is 0 Å². The lowest BCUT2D eigenvalue weighted by Crippen LogP contribution is -2.30. The molecule has 0 aromatic rings. The first-order valence-electron chi connectivity index (χ1n) is 33.6. The van der Waals surface area contributed by atoms with Crippen LogP contribution in [0.15, 0.2) is 170 Å². The highest BCUT2D eigenvalue weighted by molar-refractivity contribution is 5.71. The predicted octanol–water partition coefficient (Wildman–Crippen LogP) is 23.4. The van der Waals surface area contributed by atoms with E-state index < -0.39 is 6.10 Å². The summed E-state index contributed by atoms with van der Waals surface area (Å²) in [4.78, 5) is 38.2. The normalized spacial score (nSPS) is 13.2. The molecule has 0 heterocycles. The molecule has 0 amide bonds. The molecule has 1 unspecified atom stereocenters. The third kappa shape index (κ3) is 67.4. The topological polar surface area (TPSA) is 78.9 Å². The minimum Gasteiger partial charge on any atom is -0.462 e. The first kappa shape index (κ1) is 77.8. The third-order valence-electron chi connectivity index (χ3n) is 13.7. The van der Waals surface area contributed by atoms with Crippen LogP contribution in [-0.4, -0.2) is 37.2 Å². The Balaban J connectivity index is 4.28. The van der Waals surface area contributed by atoms with Crippen LogP contribution in [0.4, 0.5) is 0 Å². The molecule has 1 atom stereocenters. The van der Waals surface area contributed by atoms with Gasteiger partial charge in [-0.2, -0.15) is 0 Å². The molecule has 83 heavy (non-hydrogen) atoms. The van der Waals surface area contributed by atoms with E-state index in [0.29, 0.717) is 19.3 Å². The zero-order chi connectivity index (χ0) is 59.9. The van der Waals surface area contributed by atoms with Gasteiger partial charge in [-0.15, -0.1) is 0 Å². The minimum absolute atomic E-state index is 0.106. The van der Waals surface area contributed by atoms with E-state index in [0.717, 1.165) is 135 Å². The molecule has 6 nitrogen and oxygen atoms in total. The molecule has 0 N–H and O–H groups in total. The number of carbonyl (C=O) groups excluding carboxylic acids is 3. The Morgan fingerprint density at radius 2 is 0.482 bits per heavy atom. The van der Waals surface area contributed by atoms with E-state index in [2.05, 4.69) is 191 Å². The van der Waals surface area contributed by atoms with Crippen LogP contribution < -0.4 is 0 Å². The number of hydrogen-bond acceptors (Lipinski definition) is 6. The second kappa shape index (κ2) is 69.3. The molecular formula is C77H122O6. The Bertz CT molecular complexity index is 1890. The molecule has 0 fully saturated rings. The number of esters is 3. The zero-order valence-corrected chi connectivity index (χ0v) is 53.4. The molecule has 0 rings (SSSR count). The lowest BCUT2D eigenvalue weighted by molar-refractivity contribution is -0.167. The van der Waals surface area contributed by atoms with Gasteiger partial charge < -0.3 is 14.2 Å². The fourth-order valence-electron chi connectivity index (χ4n) is 8.77. The second-order valence-corrected chi connectivity index (χ2v) is 21.6. The Hall–Kier alpha value is -5.23. The Morgan fingerprint density at radius 1 is 0.253 bits per heavy atom. The molecule has 466 valence electrons. The summed E-state index contributed by atoms with van der Waals surface area (Å²) in [6.45, 7) is 6.34. The summed E-state index contributed by atoms with van der Waals surface area (Å²) in [5, 5.41) is 0. The van der Waals surface area contributed by atoms with E-state index in [1.807, 2.05) is 0 Å². The fourth-order valence-corrected chi connectivity index (χ4v) is 8.77. The lowest BCUT2D eigenvalue weighted by atomic mass is 10.0. The summed E-state index contributed by atoms with van der Waals surface area (Å²) in [6, 6.07) is 0. The van der Waals surface area contributed by atoms with Crippen molar-refractivity contribution in [3.05, 3.63) is 170 Å². The van der Waals surface area contributed by atoms with Crippen LogP contribution >= 0.6 is 0 Å². The molecular weight excluding hydrogens is 1020 g/mol. The van der Waals surface area contributed by atoms with Gasteiger partial charge in [-0.05, 0) is 128 Å². The van der Waals surface area contributed by atoms with Crippen LogP contribution in [0.2, 0.25) is 0 Å². The number of ether oxygens (including phenoxy) is 3. The number of allylic oxidation sites excluding steroid dienone is 28. The average molecular weight is 1140 g/mol. The van der Waals surface area contributed by atoms with Crippen LogP contribution in [0.25, 0.3) is 0 Å². The molecule has 6 heteroatoms. The number of rotatable bonds is 59. The van der Waals surface area contributed by atoms with Gasteiger partial charge in [-0.25, -0.2) is 0 Å². The number of carbonyl (C=O) groups is 3. The van der Waals surface area contributed by atoms with E-state index in [-0.39, 0.29) is 37.5 Å². The Labute approximate surface area is 511 Å². The van der Waals surface area contributed by atoms with Crippen LogP contribution in [-0.2, 0) is 28.6 Å². The van der Waals surface area contributed by atoms with Crippen LogP contribution in [0.3, 0.4) is 0 Å². The van der Waals surface area contributed by atoms with Gasteiger partial charge in [0.2, 0.25) is 0 Å². The lowest BCUT2D eigenvalue weighted by Gasteiger charge is -2.18. The molecule has 0 aliphatic rings. The molecule has 0 bridgehead atoms. The van der Waals surface area contributed by atoms with Gasteiger partial charge in [0.15, 0.2) is 6.10 Å². The molecule has 0 aliphatic heterocycles. The monoisotopic (exact) mass is 1140 g/mol. The number of hydrogen-bond donors (Lipinski definition) is 0. The zero-order valence-electron chi connectivity index (χ0n) is 53.4. The van der Waals surface area contributed by atoms with E-state index in [9.17, 15) is 14.4 Å². The van der Waals surface area contributed by atoms with Crippen LogP contribution in [0, 0.1) is 0 Å². The van der Waals surface area contributed by atoms with Crippen molar-refractivity contribution in [2.24, 2.45) is 0 Å². The second-order valence-electron chi connectivity index (χ2n) is 21.6. The van der Waals surface area contributed by atoms with Gasteiger partial charge in [0.25, 0.3) is 0 Å². The van der Waals surface area contributed by atoms with Crippen molar-refractivity contribution in [1.29, 1.82) is 0 Å². The SMILES string of the molecule is CC/C=C\C/C=C\C/C=C\C/C=C\C/C=C\C/C=C\C/C=C\CCCCCCCCCCCCCC(=O)OCC(COC(=O)CCCCCCCCCCC)OC(=O)CCC/C=C\C/C=C\C/C=C\C/C=C\C/C=C\C/C=C\C/C=C\CC. The van der Waals surface area contributed by atoms with E-state index in [1.54, 1.807) is 0 Å². The molecule has 0 aromatic heterocycles. The first-order valence-corrected chi connectivity index (χ1v) is 33.6. The van der Waals surface area contributed by atoms with Gasteiger partial charge in [-0.1, -0.05) is 300 Å². The van der Waals surface area contributed by atoms with Crippen molar-refractivity contribution < 1.29 is 28.6 Å². The maximum absolute atomic E-state index is 12.9. The highest BCUT2D eigenvalue weighted by Crippen LogP contribution is 2.15. The maximum atomic E-state index is 12.9. The van der Waals surface area contributed by atoms with Crippen molar-refractivity contribution in [2.45, 2.75) is 284 Å².